The molecule has 0 radical (unpaired) electrons. The van der Waals surface area contributed by atoms with E-state index in [0.29, 0.717) is 12.0 Å². The second-order valence-corrected chi connectivity index (χ2v) is 5.86. The standard InChI is InChI=1S/C11H14N2OS/c1-6-10(14)13-11(15-6)12-9-5-7-2-3-8(9)4-7/h2-3,6-9H,4-5H2,1H3,(H,12,13,14)/t6?,7-,8+,9+/m1/s1. The maximum Gasteiger partial charge on any atom is 0.239 e. The van der Waals surface area contributed by atoms with Crippen LogP contribution in [0, 0.1) is 11.8 Å². The highest BCUT2D eigenvalue weighted by Gasteiger charge is 2.36. The van der Waals surface area contributed by atoms with Gasteiger partial charge in [0, 0.05) is 0 Å². The molecule has 1 heterocycles. The summed E-state index contributed by atoms with van der Waals surface area (Å²) in [4.78, 5) is 15.9. The van der Waals surface area contributed by atoms with Gasteiger partial charge in [-0.25, -0.2) is 0 Å². The highest BCUT2D eigenvalue weighted by molar-refractivity contribution is 8.15. The van der Waals surface area contributed by atoms with E-state index < -0.39 is 0 Å². The first-order valence-electron chi connectivity index (χ1n) is 5.46. The third kappa shape index (κ3) is 1.61. The van der Waals surface area contributed by atoms with Gasteiger partial charge in [0.2, 0.25) is 5.91 Å². The number of hydrogen-bond donors (Lipinski definition) is 1. The van der Waals surface area contributed by atoms with Gasteiger partial charge < -0.3 is 5.32 Å². The Kier molecular flexibility index (Phi) is 2.12. The second kappa shape index (κ2) is 3.37. The monoisotopic (exact) mass is 222 g/mol. The van der Waals surface area contributed by atoms with Crippen molar-refractivity contribution in [3.05, 3.63) is 12.2 Å². The maximum absolute atomic E-state index is 11.3. The van der Waals surface area contributed by atoms with Gasteiger partial charge >= 0.3 is 0 Å². The molecule has 3 rings (SSSR count). The van der Waals surface area contributed by atoms with Crippen LogP contribution in [0.4, 0.5) is 0 Å². The van der Waals surface area contributed by atoms with Gasteiger partial charge in [-0.2, -0.15) is 0 Å². The zero-order valence-corrected chi connectivity index (χ0v) is 9.46. The van der Waals surface area contributed by atoms with Crippen LogP contribution in [0.1, 0.15) is 19.8 Å². The zero-order valence-electron chi connectivity index (χ0n) is 8.64. The number of nitrogens with zero attached hydrogens (tertiary/aromatic N) is 1. The molecule has 1 unspecified atom stereocenters. The summed E-state index contributed by atoms with van der Waals surface area (Å²) in [6.07, 6.45) is 7.02. The molecule has 1 amide bonds. The second-order valence-electron chi connectivity index (χ2n) is 4.53. The number of hydrogen-bond acceptors (Lipinski definition) is 3. The highest BCUT2D eigenvalue weighted by Crippen LogP contribution is 2.41. The Morgan fingerprint density at radius 3 is 2.87 bits per heavy atom. The Hall–Kier alpha value is -0.770. The summed E-state index contributed by atoms with van der Waals surface area (Å²) in [7, 11) is 0. The van der Waals surface area contributed by atoms with Gasteiger partial charge in [-0.15, -0.1) is 0 Å². The minimum absolute atomic E-state index is 0.0258. The van der Waals surface area contributed by atoms with E-state index in [9.17, 15) is 4.79 Å². The molecule has 2 fully saturated rings. The first-order valence-corrected chi connectivity index (χ1v) is 6.34. The predicted octanol–water partition coefficient (Wildman–Crippen LogP) is 1.56. The summed E-state index contributed by atoms with van der Waals surface area (Å²) >= 11 is 1.55. The van der Waals surface area contributed by atoms with Gasteiger partial charge in [-0.1, -0.05) is 23.9 Å². The lowest BCUT2D eigenvalue weighted by molar-refractivity contribution is -0.118. The molecule has 2 bridgehead atoms. The summed E-state index contributed by atoms with van der Waals surface area (Å²) in [6.45, 7) is 1.92. The normalized spacial score (nSPS) is 45.4. The highest BCUT2D eigenvalue weighted by atomic mass is 32.2. The third-order valence-corrected chi connectivity index (χ3v) is 4.41. The fourth-order valence-corrected chi connectivity index (χ4v) is 3.43. The molecule has 15 heavy (non-hydrogen) atoms. The van der Waals surface area contributed by atoms with Crippen LogP contribution in [0.15, 0.2) is 17.1 Å². The molecular formula is C11H14N2OS. The van der Waals surface area contributed by atoms with Crippen LogP contribution in [0.25, 0.3) is 0 Å². The van der Waals surface area contributed by atoms with Crippen molar-refractivity contribution in [3.8, 4) is 0 Å². The molecule has 1 N–H and O–H groups in total. The summed E-state index contributed by atoms with van der Waals surface area (Å²) in [5, 5.41) is 3.70. The Morgan fingerprint density at radius 1 is 1.47 bits per heavy atom. The van der Waals surface area contributed by atoms with Crippen LogP contribution in [0.2, 0.25) is 0 Å². The molecule has 0 spiro atoms. The number of amidine groups is 1. The van der Waals surface area contributed by atoms with E-state index in [1.807, 2.05) is 6.92 Å². The molecule has 4 heteroatoms. The lowest BCUT2D eigenvalue weighted by Crippen LogP contribution is -2.25. The zero-order chi connectivity index (χ0) is 10.4. The Morgan fingerprint density at radius 2 is 2.33 bits per heavy atom. The summed E-state index contributed by atoms with van der Waals surface area (Å²) in [5.74, 6) is 1.46. The lowest BCUT2D eigenvalue weighted by atomic mass is 10.0. The van der Waals surface area contributed by atoms with Crippen LogP contribution in [0.3, 0.4) is 0 Å². The minimum atomic E-state index is 0.0258. The number of allylic oxidation sites excluding steroid dienone is 1. The van der Waals surface area contributed by atoms with Crippen LogP contribution >= 0.6 is 11.8 Å². The van der Waals surface area contributed by atoms with E-state index in [1.54, 1.807) is 11.8 Å². The molecule has 1 aliphatic heterocycles. The van der Waals surface area contributed by atoms with Crippen LogP contribution in [-0.4, -0.2) is 22.4 Å². The third-order valence-electron chi connectivity index (χ3n) is 3.41. The molecule has 3 aliphatic rings. The van der Waals surface area contributed by atoms with Crippen molar-refractivity contribution in [1.29, 1.82) is 0 Å². The van der Waals surface area contributed by atoms with Crippen molar-refractivity contribution < 1.29 is 4.79 Å². The van der Waals surface area contributed by atoms with E-state index in [4.69, 9.17) is 0 Å². The number of carbonyl (C=O) groups is 1. The predicted molar refractivity (Wildman–Crippen MR) is 61.8 cm³/mol. The molecule has 80 valence electrons. The summed E-state index contributed by atoms with van der Waals surface area (Å²) < 4.78 is 0. The van der Waals surface area contributed by atoms with Crippen LogP contribution in [0.5, 0.6) is 0 Å². The van der Waals surface area contributed by atoms with E-state index in [2.05, 4.69) is 22.5 Å². The number of aliphatic imine (C=N–C) groups is 1. The van der Waals surface area contributed by atoms with Crippen molar-refractivity contribution in [3.63, 3.8) is 0 Å². The summed E-state index contributed by atoms with van der Waals surface area (Å²) in [5.41, 5.74) is 0. The number of amides is 1. The fourth-order valence-electron chi connectivity index (χ4n) is 2.57. The molecule has 4 atom stereocenters. The van der Waals surface area contributed by atoms with Gasteiger partial charge in [0.1, 0.15) is 0 Å². The molecular weight excluding hydrogens is 208 g/mol. The summed E-state index contributed by atoms with van der Waals surface area (Å²) in [6, 6.07) is 0.410. The number of rotatable bonds is 1. The molecule has 2 aliphatic carbocycles. The van der Waals surface area contributed by atoms with E-state index >= 15 is 0 Å². The molecule has 0 aromatic rings. The van der Waals surface area contributed by atoms with Crippen molar-refractivity contribution in [2.24, 2.45) is 16.8 Å². The Labute approximate surface area is 93.4 Å². The molecule has 1 saturated carbocycles. The topological polar surface area (TPSA) is 41.5 Å². The lowest BCUT2D eigenvalue weighted by Gasteiger charge is -2.13. The van der Waals surface area contributed by atoms with Crippen molar-refractivity contribution in [2.45, 2.75) is 31.1 Å². The average molecular weight is 222 g/mol. The van der Waals surface area contributed by atoms with Crippen LogP contribution in [-0.2, 0) is 4.79 Å². The van der Waals surface area contributed by atoms with Crippen molar-refractivity contribution >= 4 is 22.8 Å². The van der Waals surface area contributed by atoms with E-state index in [1.165, 1.54) is 6.42 Å². The van der Waals surface area contributed by atoms with Gasteiger partial charge in [-0.3, -0.25) is 9.79 Å². The molecule has 0 aromatic heterocycles. The SMILES string of the molecule is CC1SC(=N[C@H]2C[C@@H]3C=C[C@H]2C3)NC1=O. The largest absolute Gasteiger partial charge is 0.304 e. The van der Waals surface area contributed by atoms with Gasteiger partial charge in [0.05, 0.1) is 11.3 Å². The van der Waals surface area contributed by atoms with Crippen molar-refractivity contribution in [2.75, 3.05) is 0 Å². The fraction of sp³-hybridized carbons (Fsp3) is 0.636. The van der Waals surface area contributed by atoms with E-state index in [0.717, 1.165) is 17.5 Å². The first-order chi connectivity index (χ1) is 7.22. The quantitative estimate of drug-likeness (QED) is 0.684. The molecule has 3 nitrogen and oxygen atoms in total. The van der Waals surface area contributed by atoms with E-state index in [-0.39, 0.29) is 11.2 Å². The smallest absolute Gasteiger partial charge is 0.239 e. The van der Waals surface area contributed by atoms with Crippen molar-refractivity contribution in [1.82, 2.24) is 5.32 Å². The van der Waals surface area contributed by atoms with Gasteiger partial charge in [0.15, 0.2) is 5.17 Å². The molecule has 0 aromatic carbocycles. The first kappa shape index (κ1) is 9.46. The Bertz CT molecular complexity index is 364. The number of carbonyl (C=O) groups excluding carboxylic acids is 1. The van der Waals surface area contributed by atoms with Crippen LogP contribution < -0.4 is 5.32 Å². The van der Waals surface area contributed by atoms with Gasteiger partial charge in [0.25, 0.3) is 0 Å². The molecule has 1 saturated heterocycles. The number of thioether (sulfide) groups is 1. The number of fused-ring (bicyclic) bond motifs is 2. The minimum Gasteiger partial charge on any atom is -0.304 e. The maximum atomic E-state index is 11.3. The number of nitrogens with one attached hydrogen (secondary N) is 1. The van der Waals surface area contributed by atoms with Gasteiger partial charge in [-0.05, 0) is 31.6 Å². The Balaban J connectivity index is 1.73. The average Bonchev–Trinajstić information content (AvgIpc) is 2.84.